The minimum absolute atomic E-state index is 0.0346. The summed E-state index contributed by atoms with van der Waals surface area (Å²) in [5.41, 5.74) is 5.13. The van der Waals surface area contributed by atoms with Crippen molar-refractivity contribution in [1.29, 1.82) is 0 Å². The maximum atomic E-state index is 13.8. The second-order valence-corrected chi connectivity index (χ2v) is 10.5. The van der Waals surface area contributed by atoms with Crippen LogP contribution in [0.25, 0.3) is 22.2 Å². The molecular formula is C28H27N5O3S. The molecule has 0 bridgehead atoms. The Morgan fingerprint density at radius 3 is 2.51 bits per heavy atom. The molecular weight excluding hydrogens is 486 g/mol. The number of carbonyl (C=O) groups excluding carboxylic acids is 1. The van der Waals surface area contributed by atoms with Crippen LogP contribution in [-0.4, -0.2) is 35.3 Å². The van der Waals surface area contributed by atoms with Crippen molar-refractivity contribution in [3.05, 3.63) is 108 Å². The molecule has 0 saturated carbocycles. The number of sulfonamides is 1. The normalized spacial score (nSPS) is 12.6. The van der Waals surface area contributed by atoms with Gasteiger partial charge in [-0.05, 0) is 35.7 Å². The summed E-state index contributed by atoms with van der Waals surface area (Å²) < 4.78 is 24.9. The van der Waals surface area contributed by atoms with Crippen LogP contribution in [0.5, 0.6) is 0 Å². The van der Waals surface area contributed by atoms with Gasteiger partial charge >= 0.3 is 0 Å². The molecule has 1 atom stereocenters. The largest absolute Gasteiger partial charge is 0.360 e. The Morgan fingerprint density at radius 2 is 1.84 bits per heavy atom. The predicted molar refractivity (Wildman–Crippen MR) is 144 cm³/mol. The van der Waals surface area contributed by atoms with Crippen LogP contribution in [0.15, 0.2) is 96.4 Å². The number of aromatic amines is 1. The van der Waals surface area contributed by atoms with Gasteiger partial charge in [-0.3, -0.25) is 4.79 Å². The van der Waals surface area contributed by atoms with Gasteiger partial charge in [0.1, 0.15) is 0 Å². The molecule has 5 rings (SSSR count). The summed E-state index contributed by atoms with van der Waals surface area (Å²) in [7, 11) is -1.80. The molecule has 0 fully saturated rings. The molecule has 2 heterocycles. The second-order valence-electron chi connectivity index (χ2n) is 8.99. The van der Waals surface area contributed by atoms with Gasteiger partial charge in [0.25, 0.3) is 0 Å². The first-order valence-corrected chi connectivity index (χ1v) is 13.4. The van der Waals surface area contributed by atoms with Crippen LogP contribution in [0.4, 0.5) is 0 Å². The lowest BCUT2D eigenvalue weighted by molar-refractivity contribution is 0.0945. The first kappa shape index (κ1) is 24.6. The summed E-state index contributed by atoms with van der Waals surface area (Å²) in [6, 6.07) is 21.5. The Morgan fingerprint density at radius 1 is 1.08 bits per heavy atom. The molecule has 8 nitrogen and oxygen atoms in total. The third-order valence-corrected chi connectivity index (χ3v) is 7.29. The number of H-pyrrole nitrogens is 1. The topological polar surface area (TPSA) is 123 Å². The molecule has 188 valence electrons. The molecule has 5 aromatic rings. The van der Waals surface area contributed by atoms with Crippen LogP contribution in [0.1, 0.15) is 27.5 Å². The molecule has 0 amide bonds. The Hall–Kier alpha value is -4.05. The maximum Gasteiger partial charge on any atom is 0.238 e. The Kier molecular flexibility index (Phi) is 6.75. The van der Waals surface area contributed by atoms with Crippen molar-refractivity contribution in [2.45, 2.75) is 17.4 Å². The molecule has 0 radical (unpaired) electrons. The standard InChI is InChI=1S/C28H27N5O3S/c1-33-17-26(32-18-33)21-9-12-23-24(16-31-25(23)15-21)28(34)27(20-5-3-2-4-6-20)30-14-13-19-7-10-22(11-8-19)37(29,35)36/h2-12,15-18,27,30-31H,13-14H2,1H3,(H2,29,35,36). The van der Waals surface area contributed by atoms with Crippen molar-refractivity contribution in [1.82, 2.24) is 19.9 Å². The number of ketones is 1. The number of fused-ring (bicyclic) bond motifs is 1. The molecule has 4 N–H and O–H groups in total. The fourth-order valence-electron chi connectivity index (χ4n) is 4.42. The third kappa shape index (κ3) is 5.39. The van der Waals surface area contributed by atoms with Crippen LogP contribution in [0, 0.1) is 0 Å². The zero-order valence-corrected chi connectivity index (χ0v) is 21.1. The summed E-state index contributed by atoms with van der Waals surface area (Å²) >= 11 is 0. The highest BCUT2D eigenvalue weighted by atomic mass is 32.2. The lowest BCUT2D eigenvalue weighted by atomic mass is 9.96. The number of nitrogens with two attached hydrogens (primary N) is 1. The van der Waals surface area contributed by atoms with Crippen LogP contribution in [-0.2, 0) is 23.5 Å². The Balaban J connectivity index is 1.37. The molecule has 0 spiro atoms. The summed E-state index contributed by atoms with van der Waals surface area (Å²) in [6.45, 7) is 0.520. The lowest BCUT2D eigenvalue weighted by Crippen LogP contribution is -2.30. The maximum absolute atomic E-state index is 13.8. The highest BCUT2D eigenvalue weighted by Gasteiger charge is 2.24. The van der Waals surface area contributed by atoms with Crippen LogP contribution in [0.2, 0.25) is 0 Å². The quantitative estimate of drug-likeness (QED) is 0.257. The van der Waals surface area contributed by atoms with E-state index in [9.17, 15) is 13.2 Å². The molecule has 37 heavy (non-hydrogen) atoms. The Bertz CT molecular complexity index is 1660. The number of benzene rings is 3. The van der Waals surface area contributed by atoms with Crippen molar-refractivity contribution in [3.63, 3.8) is 0 Å². The fourth-order valence-corrected chi connectivity index (χ4v) is 4.94. The zero-order valence-electron chi connectivity index (χ0n) is 20.3. The number of aromatic nitrogens is 3. The van der Waals surface area contributed by atoms with Crippen LogP contribution < -0.4 is 10.5 Å². The molecule has 0 aliphatic heterocycles. The number of nitrogens with one attached hydrogen (secondary N) is 2. The highest BCUT2D eigenvalue weighted by Crippen LogP contribution is 2.28. The first-order chi connectivity index (χ1) is 17.8. The molecule has 0 saturated heterocycles. The minimum Gasteiger partial charge on any atom is -0.360 e. The number of hydrogen-bond donors (Lipinski definition) is 3. The van der Waals surface area contributed by atoms with Gasteiger partial charge in [0, 0.05) is 48.0 Å². The minimum atomic E-state index is -3.73. The molecule has 0 aliphatic carbocycles. The number of hydrogen-bond acceptors (Lipinski definition) is 5. The summed E-state index contributed by atoms with van der Waals surface area (Å²) in [5.74, 6) is -0.0346. The SMILES string of the molecule is Cn1cnc(-c2ccc3c(C(=O)C(NCCc4ccc(S(N)(=O)=O)cc4)c4ccccc4)c[nH]c3c2)c1. The molecule has 9 heteroatoms. The van der Waals surface area contributed by atoms with Gasteiger partial charge in [-0.15, -0.1) is 0 Å². The van der Waals surface area contributed by atoms with Crippen LogP contribution >= 0.6 is 0 Å². The predicted octanol–water partition coefficient (Wildman–Crippen LogP) is 3.97. The van der Waals surface area contributed by atoms with Gasteiger partial charge in [0.15, 0.2) is 5.78 Å². The lowest BCUT2D eigenvalue weighted by Gasteiger charge is -2.18. The van der Waals surface area contributed by atoms with Crippen molar-refractivity contribution >= 4 is 26.7 Å². The number of primary sulfonamides is 1. The molecule has 3 aromatic carbocycles. The second kappa shape index (κ2) is 10.1. The fraction of sp³-hybridized carbons (Fsp3) is 0.143. The van der Waals surface area contributed by atoms with E-state index in [2.05, 4.69) is 15.3 Å². The number of rotatable bonds is 9. The van der Waals surface area contributed by atoms with Crippen LogP contribution in [0.3, 0.4) is 0 Å². The monoisotopic (exact) mass is 513 g/mol. The summed E-state index contributed by atoms with van der Waals surface area (Å²) in [5, 5.41) is 9.44. The van der Waals surface area contributed by atoms with E-state index in [1.807, 2.05) is 66.3 Å². The average Bonchev–Trinajstić information content (AvgIpc) is 3.52. The van der Waals surface area contributed by atoms with E-state index < -0.39 is 16.1 Å². The number of aryl methyl sites for hydroxylation is 1. The number of carbonyl (C=O) groups is 1. The van der Waals surface area contributed by atoms with E-state index in [0.29, 0.717) is 18.5 Å². The van der Waals surface area contributed by atoms with Gasteiger partial charge in [0.05, 0.1) is 23.0 Å². The van der Waals surface area contributed by atoms with Crippen molar-refractivity contribution in [3.8, 4) is 11.3 Å². The van der Waals surface area contributed by atoms with E-state index in [1.165, 1.54) is 12.1 Å². The Labute approximate surface area is 215 Å². The van der Waals surface area contributed by atoms with E-state index in [0.717, 1.165) is 33.3 Å². The molecule has 0 aliphatic rings. The van der Waals surface area contributed by atoms with Crippen molar-refractivity contribution in [2.24, 2.45) is 12.2 Å². The smallest absolute Gasteiger partial charge is 0.238 e. The average molecular weight is 514 g/mol. The van der Waals surface area contributed by atoms with Gasteiger partial charge < -0.3 is 14.9 Å². The van der Waals surface area contributed by atoms with Crippen molar-refractivity contribution < 1.29 is 13.2 Å². The summed E-state index contributed by atoms with van der Waals surface area (Å²) in [4.78, 5) is 21.5. The van der Waals surface area contributed by atoms with E-state index >= 15 is 0 Å². The van der Waals surface area contributed by atoms with Gasteiger partial charge in [-0.1, -0.05) is 54.6 Å². The van der Waals surface area contributed by atoms with Gasteiger partial charge in [-0.2, -0.15) is 0 Å². The summed E-state index contributed by atoms with van der Waals surface area (Å²) in [6.07, 6.45) is 6.09. The number of imidazole rings is 1. The van der Waals surface area contributed by atoms with E-state index in [4.69, 9.17) is 5.14 Å². The zero-order chi connectivity index (χ0) is 26.0. The van der Waals surface area contributed by atoms with Crippen molar-refractivity contribution in [2.75, 3.05) is 6.54 Å². The number of Topliss-reactive ketones (excluding diaryl/α,β-unsaturated/α-hetero) is 1. The molecule has 2 aromatic heterocycles. The third-order valence-electron chi connectivity index (χ3n) is 6.36. The molecule has 1 unspecified atom stereocenters. The first-order valence-electron chi connectivity index (χ1n) is 11.8. The van der Waals surface area contributed by atoms with E-state index in [-0.39, 0.29) is 10.7 Å². The number of nitrogens with zero attached hydrogens (tertiary/aromatic N) is 2. The van der Waals surface area contributed by atoms with Gasteiger partial charge in [-0.25, -0.2) is 18.5 Å². The van der Waals surface area contributed by atoms with E-state index in [1.54, 1.807) is 24.7 Å². The highest BCUT2D eigenvalue weighted by molar-refractivity contribution is 7.89. The van der Waals surface area contributed by atoms with Gasteiger partial charge in [0.2, 0.25) is 10.0 Å².